The Balaban J connectivity index is 1.54. The topological polar surface area (TPSA) is 93.2 Å². The number of rotatable bonds is 6. The first-order valence-corrected chi connectivity index (χ1v) is 8.96. The number of hydrogen-bond acceptors (Lipinski definition) is 6. The van der Waals surface area contributed by atoms with E-state index in [1.165, 1.54) is 0 Å². The van der Waals surface area contributed by atoms with Gasteiger partial charge < -0.3 is 14.4 Å². The van der Waals surface area contributed by atoms with Gasteiger partial charge in [0, 0.05) is 0 Å². The van der Waals surface area contributed by atoms with E-state index in [9.17, 15) is 19.2 Å². The lowest BCUT2D eigenvalue weighted by atomic mass is 10.2. The second-order valence-electron chi connectivity index (χ2n) is 6.69. The number of ether oxygens (including phenoxy) is 2. The van der Waals surface area contributed by atoms with Gasteiger partial charge >= 0.3 is 18.0 Å². The largest absolute Gasteiger partial charge is 0.425 e. The van der Waals surface area contributed by atoms with Crippen LogP contribution in [0, 0.1) is 13.8 Å². The van der Waals surface area contributed by atoms with Crippen molar-refractivity contribution in [1.82, 2.24) is 9.80 Å². The molecule has 29 heavy (non-hydrogen) atoms. The summed E-state index contributed by atoms with van der Waals surface area (Å²) in [5.41, 5.74) is 2.01. The average molecular weight is 396 g/mol. The fourth-order valence-corrected chi connectivity index (χ4v) is 2.70. The quantitative estimate of drug-likeness (QED) is 0.422. The molecule has 0 saturated carbocycles. The van der Waals surface area contributed by atoms with Gasteiger partial charge in [-0.3, -0.25) is 9.69 Å². The number of imide groups is 1. The van der Waals surface area contributed by atoms with E-state index in [0.29, 0.717) is 11.5 Å². The molecular weight excluding hydrogens is 376 g/mol. The highest BCUT2D eigenvalue weighted by molar-refractivity contribution is 6.05. The molecule has 0 aliphatic carbocycles. The maximum atomic E-state index is 12.4. The molecule has 1 aliphatic rings. The number of nitrogens with zero attached hydrogens (tertiary/aromatic N) is 2. The lowest BCUT2D eigenvalue weighted by molar-refractivity contribution is -0.139. The van der Waals surface area contributed by atoms with Gasteiger partial charge in [0.15, 0.2) is 0 Å². The van der Waals surface area contributed by atoms with Gasteiger partial charge in [-0.1, -0.05) is 35.4 Å². The molecule has 0 radical (unpaired) electrons. The maximum absolute atomic E-state index is 12.4. The van der Waals surface area contributed by atoms with Crippen molar-refractivity contribution in [3.05, 3.63) is 59.7 Å². The van der Waals surface area contributed by atoms with Gasteiger partial charge in [-0.15, -0.1) is 0 Å². The van der Waals surface area contributed by atoms with Crippen LogP contribution in [0.5, 0.6) is 11.5 Å². The summed E-state index contributed by atoms with van der Waals surface area (Å²) in [5.74, 6) is -1.35. The van der Waals surface area contributed by atoms with Gasteiger partial charge in [0.05, 0.1) is 0 Å². The smallest absolute Gasteiger partial charge is 0.331 e. The third kappa shape index (κ3) is 5.19. The summed E-state index contributed by atoms with van der Waals surface area (Å²) >= 11 is 0. The summed E-state index contributed by atoms with van der Waals surface area (Å²) in [6.07, 6.45) is 0. The Bertz CT molecular complexity index is 937. The Labute approximate surface area is 167 Å². The lowest BCUT2D eigenvalue weighted by Gasteiger charge is -2.16. The number of esters is 2. The number of aryl methyl sites for hydroxylation is 2. The summed E-state index contributed by atoms with van der Waals surface area (Å²) in [5, 5.41) is 0. The first kappa shape index (κ1) is 20.1. The first-order chi connectivity index (χ1) is 13.8. The van der Waals surface area contributed by atoms with Crippen LogP contribution in [0.2, 0.25) is 0 Å². The standard InChI is InChI=1S/C21H20N2O6/c1-14-3-7-16(8-4-14)28-19(25)12-22-11-18(24)23(21(22)27)13-20(26)29-17-9-5-15(2)6-10-17/h3-10H,11-13H2,1-2H3. The predicted octanol–water partition coefficient (Wildman–Crippen LogP) is 2.08. The first-order valence-electron chi connectivity index (χ1n) is 8.96. The highest BCUT2D eigenvalue weighted by Crippen LogP contribution is 2.15. The van der Waals surface area contributed by atoms with Crippen molar-refractivity contribution in [3.63, 3.8) is 0 Å². The number of hydrogen-bond donors (Lipinski definition) is 0. The number of urea groups is 1. The van der Waals surface area contributed by atoms with Crippen molar-refractivity contribution in [2.75, 3.05) is 19.6 Å². The summed E-state index contributed by atoms with van der Waals surface area (Å²) < 4.78 is 10.3. The zero-order valence-corrected chi connectivity index (χ0v) is 16.1. The molecule has 2 aromatic carbocycles. The fraction of sp³-hybridized carbons (Fsp3) is 0.238. The molecule has 1 saturated heterocycles. The van der Waals surface area contributed by atoms with Crippen molar-refractivity contribution in [3.8, 4) is 11.5 Å². The zero-order chi connectivity index (χ0) is 21.0. The van der Waals surface area contributed by atoms with E-state index in [1.54, 1.807) is 48.5 Å². The molecule has 0 unspecified atom stereocenters. The van der Waals surface area contributed by atoms with Crippen LogP contribution in [0.4, 0.5) is 4.79 Å². The Morgan fingerprint density at radius 1 is 0.793 bits per heavy atom. The Kier molecular flexibility index (Phi) is 5.92. The molecule has 0 aromatic heterocycles. The maximum Gasteiger partial charge on any atom is 0.331 e. The van der Waals surface area contributed by atoms with Crippen LogP contribution in [0.15, 0.2) is 48.5 Å². The van der Waals surface area contributed by atoms with Crippen molar-refractivity contribution in [2.24, 2.45) is 0 Å². The van der Waals surface area contributed by atoms with E-state index in [2.05, 4.69) is 0 Å². The second-order valence-corrected chi connectivity index (χ2v) is 6.69. The molecule has 3 rings (SSSR count). The monoisotopic (exact) mass is 396 g/mol. The van der Waals surface area contributed by atoms with Gasteiger partial charge in [-0.05, 0) is 38.1 Å². The van der Waals surface area contributed by atoms with Crippen LogP contribution in [-0.4, -0.2) is 53.3 Å². The SMILES string of the molecule is Cc1ccc(OC(=O)CN2CC(=O)N(CC(=O)Oc3ccc(C)cc3)C2=O)cc1. The predicted molar refractivity (Wildman–Crippen MR) is 102 cm³/mol. The highest BCUT2D eigenvalue weighted by atomic mass is 16.5. The van der Waals surface area contributed by atoms with Gasteiger partial charge in [0.2, 0.25) is 0 Å². The number of carbonyl (C=O) groups is 4. The minimum absolute atomic E-state index is 0.306. The molecule has 150 valence electrons. The van der Waals surface area contributed by atoms with Gasteiger partial charge in [0.1, 0.15) is 31.1 Å². The second kappa shape index (κ2) is 8.55. The van der Waals surface area contributed by atoms with Crippen LogP contribution in [-0.2, 0) is 14.4 Å². The number of amides is 3. The normalized spacial score (nSPS) is 13.6. The van der Waals surface area contributed by atoms with Crippen LogP contribution in [0.1, 0.15) is 11.1 Å². The van der Waals surface area contributed by atoms with E-state index < -0.39 is 37.0 Å². The van der Waals surface area contributed by atoms with E-state index >= 15 is 0 Å². The van der Waals surface area contributed by atoms with Crippen molar-refractivity contribution in [2.45, 2.75) is 13.8 Å². The zero-order valence-electron chi connectivity index (χ0n) is 16.1. The Morgan fingerprint density at radius 2 is 1.24 bits per heavy atom. The van der Waals surface area contributed by atoms with Gasteiger partial charge in [-0.2, -0.15) is 0 Å². The summed E-state index contributed by atoms with van der Waals surface area (Å²) in [7, 11) is 0. The summed E-state index contributed by atoms with van der Waals surface area (Å²) in [6, 6.07) is 12.9. The Morgan fingerprint density at radius 3 is 1.72 bits per heavy atom. The van der Waals surface area contributed by atoms with Crippen LogP contribution >= 0.6 is 0 Å². The average Bonchev–Trinajstić information content (AvgIpc) is 2.93. The highest BCUT2D eigenvalue weighted by Gasteiger charge is 2.38. The minimum atomic E-state index is -0.750. The van der Waals surface area contributed by atoms with Gasteiger partial charge in [0.25, 0.3) is 5.91 Å². The summed E-state index contributed by atoms with van der Waals surface area (Å²) in [4.78, 5) is 50.4. The van der Waals surface area contributed by atoms with Crippen LogP contribution in [0.25, 0.3) is 0 Å². The molecule has 0 spiro atoms. The van der Waals surface area contributed by atoms with Crippen molar-refractivity contribution >= 4 is 23.9 Å². The molecule has 1 heterocycles. The van der Waals surface area contributed by atoms with Crippen LogP contribution < -0.4 is 9.47 Å². The molecule has 1 fully saturated rings. The molecule has 2 aromatic rings. The molecular formula is C21H20N2O6. The fourth-order valence-electron chi connectivity index (χ4n) is 2.70. The molecule has 0 atom stereocenters. The third-order valence-corrected chi connectivity index (χ3v) is 4.24. The summed E-state index contributed by atoms with van der Waals surface area (Å²) in [6.45, 7) is 2.56. The molecule has 1 aliphatic heterocycles. The van der Waals surface area contributed by atoms with E-state index in [4.69, 9.17) is 9.47 Å². The molecule has 3 amide bonds. The number of benzene rings is 2. The van der Waals surface area contributed by atoms with E-state index in [1.807, 2.05) is 13.8 Å². The lowest BCUT2D eigenvalue weighted by Crippen LogP contribution is -2.40. The molecule has 0 N–H and O–H groups in total. The van der Waals surface area contributed by atoms with Gasteiger partial charge in [-0.25, -0.2) is 14.4 Å². The van der Waals surface area contributed by atoms with Crippen molar-refractivity contribution < 1.29 is 28.7 Å². The number of carbonyl (C=O) groups excluding carboxylic acids is 4. The van der Waals surface area contributed by atoms with Crippen molar-refractivity contribution in [1.29, 1.82) is 0 Å². The molecule has 0 bridgehead atoms. The molecule has 8 heteroatoms. The molecule has 8 nitrogen and oxygen atoms in total. The minimum Gasteiger partial charge on any atom is -0.425 e. The third-order valence-electron chi connectivity index (χ3n) is 4.24. The van der Waals surface area contributed by atoms with E-state index in [-0.39, 0.29) is 6.54 Å². The van der Waals surface area contributed by atoms with Crippen LogP contribution in [0.3, 0.4) is 0 Å². The Hall–Kier alpha value is -3.68. The van der Waals surface area contributed by atoms with E-state index in [0.717, 1.165) is 20.9 Å².